The molecule has 5 rings (SSSR count). The van der Waals surface area contributed by atoms with E-state index in [1.807, 2.05) is 50.2 Å². The second-order valence-electron chi connectivity index (χ2n) is 8.36. The Bertz CT molecular complexity index is 1240. The van der Waals surface area contributed by atoms with Crippen LogP contribution < -0.4 is 4.90 Å². The van der Waals surface area contributed by atoms with Crippen LogP contribution in [0.25, 0.3) is 0 Å². The van der Waals surface area contributed by atoms with Crippen LogP contribution in [-0.2, 0) is 16.2 Å². The number of halogens is 1. The van der Waals surface area contributed by atoms with Crippen LogP contribution in [0.4, 0.5) is 10.1 Å². The highest BCUT2D eigenvalue weighted by atomic mass is 32.2. The highest BCUT2D eigenvalue weighted by Gasteiger charge is 2.59. The molecule has 4 nitrogen and oxygen atoms in total. The van der Waals surface area contributed by atoms with E-state index in [4.69, 9.17) is 0 Å². The number of benzene rings is 3. The minimum Gasteiger partial charge on any atom is -0.311 e. The van der Waals surface area contributed by atoms with E-state index in [9.17, 15) is 14.0 Å². The first-order valence-electron chi connectivity index (χ1n) is 10.6. The van der Waals surface area contributed by atoms with Gasteiger partial charge in [0, 0.05) is 23.4 Å². The zero-order valence-electron chi connectivity index (χ0n) is 18.0. The van der Waals surface area contributed by atoms with Crippen LogP contribution in [0.5, 0.6) is 0 Å². The highest BCUT2D eigenvalue weighted by molar-refractivity contribution is 8.01. The average molecular weight is 447 g/mol. The van der Waals surface area contributed by atoms with E-state index in [1.165, 1.54) is 30.0 Å². The van der Waals surface area contributed by atoms with Crippen LogP contribution >= 0.6 is 11.8 Å². The summed E-state index contributed by atoms with van der Waals surface area (Å²) in [6.07, 6.45) is 0. The number of carbonyl (C=O) groups is 2. The molecule has 0 bridgehead atoms. The number of aryl methyl sites for hydroxylation is 2. The van der Waals surface area contributed by atoms with Gasteiger partial charge in [-0.05, 0) is 43.7 Å². The van der Waals surface area contributed by atoms with Crippen molar-refractivity contribution in [2.24, 2.45) is 0 Å². The van der Waals surface area contributed by atoms with E-state index in [2.05, 4.69) is 6.07 Å². The van der Waals surface area contributed by atoms with Crippen molar-refractivity contribution in [1.82, 2.24) is 4.90 Å². The Kier molecular flexibility index (Phi) is 5.05. The standard InChI is InChI=1S/C26H23FN2O2S/c1-17-5-3-6-19(13-17)16-28-23-10-9-18(2)14-22(23)26(25(28)31)29(11-12-32-26)24(30)20-7-4-8-21(27)15-20/h3-10,13-15H,11-12,16H2,1-2H3. The number of carbonyl (C=O) groups excluding carboxylic acids is 2. The molecule has 162 valence electrons. The Morgan fingerprint density at radius 2 is 1.81 bits per heavy atom. The Morgan fingerprint density at radius 3 is 2.59 bits per heavy atom. The topological polar surface area (TPSA) is 40.6 Å². The lowest BCUT2D eigenvalue weighted by Crippen LogP contribution is -2.50. The number of fused-ring (bicyclic) bond motifs is 2. The predicted molar refractivity (Wildman–Crippen MR) is 125 cm³/mol. The molecule has 3 aromatic rings. The van der Waals surface area contributed by atoms with Crippen molar-refractivity contribution in [1.29, 1.82) is 0 Å². The second kappa shape index (κ2) is 7.78. The van der Waals surface area contributed by atoms with Crippen molar-refractivity contribution >= 4 is 29.3 Å². The zero-order valence-corrected chi connectivity index (χ0v) is 18.8. The first-order chi connectivity index (χ1) is 15.4. The van der Waals surface area contributed by atoms with Crippen LogP contribution in [-0.4, -0.2) is 29.0 Å². The third-order valence-electron chi connectivity index (χ3n) is 6.09. The third kappa shape index (κ3) is 3.21. The largest absolute Gasteiger partial charge is 0.311 e. The van der Waals surface area contributed by atoms with E-state index in [-0.39, 0.29) is 17.4 Å². The lowest BCUT2D eigenvalue weighted by molar-refractivity contribution is -0.123. The summed E-state index contributed by atoms with van der Waals surface area (Å²) in [6.45, 7) is 4.87. The van der Waals surface area contributed by atoms with Gasteiger partial charge in [0.05, 0.1) is 12.2 Å². The van der Waals surface area contributed by atoms with Gasteiger partial charge in [0.2, 0.25) is 0 Å². The smallest absolute Gasteiger partial charge is 0.268 e. The van der Waals surface area contributed by atoms with E-state index in [0.717, 1.165) is 27.9 Å². The molecule has 1 unspecified atom stereocenters. The molecular formula is C26H23FN2O2S. The maximum atomic E-state index is 14.0. The number of hydrogen-bond acceptors (Lipinski definition) is 3. The van der Waals surface area contributed by atoms with Crippen LogP contribution in [0.1, 0.15) is 32.6 Å². The van der Waals surface area contributed by atoms with E-state index >= 15 is 0 Å². The second-order valence-corrected chi connectivity index (χ2v) is 9.65. The third-order valence-corrected chi connectivity index (χ3v) is 7.51. The van der Waals surface area contributed by atoms with Gasteiger partial charge in [-0.25, -0.2) is 4.39 Å². The summed E-state index contributed by atoms with van der Waals surface area (Å²) in [6, 6.07) is 19.7. The van der Waals surface area contributed by atoms with Crippen LogP contribution in [0, 0.1) is 19.7 Å². The lowest BCUT2D eigenvalue weighted by atomic mass is 10.0. The first kappa shape index (κ1) is 20.8. The number of rotatable bonds is 3. The minimum atomic E-state index is -1.13. The van der Waals surface area contributed by atoms with Crippen molar-refractivity contribution in [3.05, 3.63) is 100 Å². The van der Waals surface area contributed by atoms with Gasteiger partial charge in [0.25, 0.3) is 11.8 Å². The number of anilines is 1. The van der Waals surface area contributed by atoms with Crippen molar-refractivity contribution in [3.63, 3.8) is 0 Å². The quantitative estimate of drug-likeness (QED) is 0.567. The molecule has 1 atom stereocenters. The minimum absolute atomic E-state index is 0.119. The van der Waals surface area contributed by atoms with E-state index in [0.29, 0.717) is 18.8 Å². The van der Waals surface area contributed by atoms with Crippen molar-refractivity contribution in [2.75, 3.05) is 17.2 Å². The number of thioether (sulfide) groups is 1. The van der Waals surface area contributed by atoms with Crippen molar-refractivity contribution in [3.8, 4) is 0 Å². The number of nitrogens with zero attached hydrogens (tertiary/aromatic N) is 2. The molecule has 1 saturated heterocycles. The molecule has 32 heavy (non-hydrogen) atoms. The Balaban J connectivity index is 1.60. The lowest BCUT2D eigenvalue weighted by Gasteiger charge is -2.33. The van der Waals surface area contributed by atoms with E-state index in [1.54, 1.807) is 15.9 Å². The van der Waals surface area contributed by atoms with Crippen LogP contribution in [0.15, 0.2) is 66.7 Å². The van der Waals surface area contributed by atoms with Gasteiger partial charge >= 0.3 is 0 Å². The molecule has 2 heterocycles. The zero-order chi connectivity index (χ0) is 22.5. The highest BCUT2D eigenvalue weighted by Crippen LogP contribution is 2.55. The van der Waals surface area contributed by atoms with Crippen LogP contribution in [0.2, 0.25) is 0 Å². The van der Waals surface area contributed by atoms with Gasteiger partial charge in [-0.3, -0.25) is 9.59 Å². The number of amides is 2. The summed E-state index contributed by atoms with van der Waals surface area (Å²) in [5.74, 6) is -0.273. The summed E-state index contributed by atoms with van der Waals surface area (Å²) in [5.41, 5.74) is 5.11. The molecule has 1 fully saturated rings. The van der Waals surface area contributed by atoms with Crippen molar-refractivity contribution in [2.45, 2.75) is 25.3 Å². The fourth-order valence-corrected chi connectivity index (χ4v) is 6.11. The molecule has 0 aromatic heterocycles. The molecule has 2 aliphatic heterocycles. The molecule has 2 amide bonds. The first-order valence-corrected chi connectivity index (χ1v) is 11.6. The maximum Gasteiger partial charge on any atom is 0.268 e. The van der Waals surface area contributed by atoms with Gasteiger partial charge in [-0.2, -0.15) is 0 Å². The monoisotopic (exact) mass is 446 g/mol. The summed E-state index contributed by atoms with van der Waals surface area (Å²) in [5, 5.41) is 0. The fraction of sp³-hybridized carbons (Fsp3) is 0.231. The Hall–Kier alpha value is -3.12. The molecular weight excluding hydrogens is 423 g/mol. The van der Waals surface area contributed by atoms with Gasteiger partial charge < -0.3 is 9.80 Å². The average Bonchev–Trinajstić information content (AvgIpc) is 3.30. The molecule has 0 aliphatic carbocycles. The molecule has 2 aliphatic rings. The summed E-state index contributed by atoms with van der Waals surface area (Å²) >= 11 is 1.48. The summed E-state index contributed by atoms with van der Waals surface area (Å²) in [4.78, 5) is 29.8. The molecule has 1 spiro atoms. The molecule has 3 aromatic carbocycles. The Labute approximate surface area is 191 Å². The van der Waals surface area contributed by atoms with Gasteiger partial charge in [0.1, 0.15) is 5.82 Å². The van der Waals surface area contributed by atoms with Gasteiger partial charge in [0.15, 0.2) is 4.87 Å². The summed E-state index contributed by atoms with van der Waals surface area (Å²) in [7, 11) is 0. The SMILES string of the molecule is Cc1cccc(CN2C(=O)C3(SCCN3C(=O)c3cccc(F)c3)c3cc(C)ccc32)c1. The molecule has 0 radical (unpaired) electrons. The van der Waals surface area contributed by atoms with Gasteiger partial charge in [-0.1, -0.05) is 53.6 Å². The van der Waals surface area contributed by atoms with Gasteiger partial charge in [-0.15, -0.1) is 11.8 Å². The van der Waals surface area contributed by atoms with Crippen LogP contribution in [0.3, 0.4) is 0 Å². The fourth-order valence-electron chi connectivity index (χ4n) is 4.66. The van der Waals surface area contributed by atoms with Crippen molar-refractivity contribution < 1.29 is 14.0 Å². The number of hydrogen-bond donors (Lipinski definition) is 0. The maximum absolute atomic E-state index is 14.0. The van der Waals surface area contributed by atoms with E-state index < -0.39 is 10.7 Å². The molecule has 0 N–H and O–H groups in total. The predicted octanol–water partition coefficient (Wildman–Crippen LogP) is 5.03. The Morgan fingerprint density at radius 1 is 1.03 bits per heavy atom. The molecule has 0 saturated carbocycles. The normalized spacial score (nSPS) is 19.7. The molecule has 6 heteroatoms. The summed E-state index contributed by atoms with van der Waals surface area (Å²) < 4.78 is 13.8.